The number of aliphatic hydroxyl groups excluding tert-OH is 1. The number of fused-ring (bicyclic) bond motifs is 1. The molecule has 20 heavy (non-hydrogen) atoms. The number of hydrogen-bond acceptors (Lipinski definition) is 5. The maximum atomic E-state index is 11.8. The number of rotatable bonds is 4. The number of carbonyl (C=O) groups is 2. The first-order chi connectivity index (χ1) is 9.58. The molecule has 1 fully saturated rings. The fourth-order valence-electron chi connectivity index (χ4n) is 2.27. The third kappa shape index (κ3) is 2.08. The number of aliphatic hydroxyl groups is 1. The summed E-state index contributed by atoms with van der Waals surface area (Å²) in [6, 6.07) is 9.16. The standard InChI is InChI=1S/C13H12N2O4S/c16-10-9-12(15(10)11(17)13(18)19)20-8(14-9)6-7-4-2-1-3-5-7/h1-5,9,11-12,17H,6H2,(H,18,19)/t9-,11+,12-/m1/s1. The molecule has 6 nitrogen and oxygen atoms in total. The van der Waals surface area contributed by atoms with Gasteiger partial charge in [0, 0.05) is 6.42 Å². The number of β-lactam (4-membered cyclic amide) rings is 1. The largest absolute Gasteiger partial charge is 0.478 e. The Hall–Kier alpha value is -1.86. The van der Waals surface area contributed by atoms with Crippen LogP contribution in [0, 0.1) is 0 Å². The number of aliphatic imine (C=N–C) groups is 1. The number of benzene rings is 1. The second-order valence-corrected chi connectivity index (χ2v) is 5.79. The first-order valence-corrected chi connectivity index (χ1v) is 6.96. The summed E-state index contributed by atoms with van der Waals surface area (Å²) in [5, 5.41) is 18.6. The first-order valence-electron chi connectivity index (χ1n) is 6.08. The number of nitrogens with zero attached hydrogens (tertiary/aromatic N) is 2. The molecule has 0 aliphatic carbocycles. The van der Waals surface area contributed by atoms with Gasteiger partial charge in [0.1, 0.15) is 5.37 Å². The molecule has 2 N–H and O–H groups in total. The molecule has 1 amide bonds. The zero-order valence-corrected chi connectivity index (χ0v) is 11.2. The molecule has 7 heteroatoms. The van der Waals surface area contributed by atoms with Crippen molar-refractivity contribution in [2.24, 2.45) is 4.99 Å². The molecule has 2 aliphatic rings. The van der Waals surface area contributed by atoms with E-state index in [0.717, 1.165) is 15.5 Å². The van der Waals surface area contributed by atoms with Gasteiger partial charge in [-0.15, -0.1) is 0 Å². The van der Waals surface area contributed by atoms with E-state index in [2.05, 4.69) is 4.99 Å². The minimum atomic E-state index is -1.79. The van der Waals surface area contributed by atoms with Crippen LogP contribution in [0.4, 0.5) is 0 Å². The lowest BCUT2D eigenvalue weighted by atomic mass is 10.1. The second kappa shape index (κ2) is 4.92. The molecule has 0 aromatic heterocycles. The smallest absolute Gasteiger partial charge is 0.354 e. The van der Waals surface area contributed by atoms with Crippen molar-refractivity contribution in [3.05, 3.63) is 35.9 Å². The van der Waals surface area contributed by atoms with Gasteiger partial charge < -0.3 is 10.2 Å². The number of likely N-dealkylation sites (tertiary alicyclic amines) is 1. The molecule has 3 rings (SSSR count). The molecule has 0 spiro atoms. The number of thioether (sulfide) groups is 1. The Labute approximate surface area is 119 Å². The van der Waals surface area contributed by atoms with E-state index in [1.54, 1.807) is 0 Å². The van der Waals surface area contributed by atoms with E-state index in [4.69, 9.17) is 5.11 Å². The zero-order valence-electron chi connectivity index (χ0n) is 10.3. The molecular formula is C13H12N2O4S. The van der Waals surface area contributed by atoms with Crippen molar-refractivity contribution < 1.29 is 19.8 Å². The van der Waals surface area contributed by atoms with E-state index in [0.29, 0.717) is 6.42 Å². The van der Waals surface area contributed by atoms with Crippen molar-refractivity contribution in [2.45, 2.75) is 24.1 Å². The Kier molecular flexibility index (Phi) is 3.23. The van der Waals surface area contributed by atoms with E-state index in [1.807, 2.05) is 30.3 Å². The Morgan fingerprint density at radius 3 is 2.75 bits per heavy atom. The van der Waals surface area contributed by atoms with Crippen LogP contribution in [0.3, 0.4) is 0 Å². The van der Waals surface area contributed by atoms with Gasteiger partial charge in [-0.3, -0.25) is 14.7 Å². The summed E-state index contributed by atoms with van der Waals surface area (Å²) in [6.45, 7) is 0. The summed E-state index contributed by atoms with van der Waals surface area (Å²) in [6.07, 6.45) is -1.18. The van der Waals surface area contributed by atoms with Crippen molar-refractivity contribution in [2.75, 3.05) is 0 Å². The van der Waals surface area contributed by atoms with Gasteiger partial charge in [-0.25, -0.2) is 4.79 Å². The van der Waals surface area contributed by atoms with Crippen LogP contribution in [0.25, 0.3) is 0 Å². The number of carboxylic acids is 1. The van der Waals surface area contributed by atoms with E-state index in [9.17, 15) is 14.7 Å². The molecular weight excluding hydrogens is 280 g/mol. The Morgan fingerprint density at radius 2 is 2.10 bits per heavy atom. The van der Waals surface area contributed by atoms with Gasteiger partial charge in [0.2, 0.25) is 6.23 Å². The number of hydrogen-bond donors (Lipinski definition) is 2. The van der Waals surface area contributed by atoms with Crippen LogP contribution in [0.2, 0.25) is 0 Å². The molecule has 104 valence electrons. The molecule has 0 unspecified atom stereocenters. The average Bonchev–Trinajstić information content (AvgIpc) is 2.79. The van der Waals surface area contributed by atoms with Gasteiger partial charge in [-0.1, -0.05) is 42.1 Å². The molecule has 0 saturated carbocycles. The maximum Gasteiger partial charge on any atom is 0.354 e. The second-order valence-electron chi connectivity index (χ2n) is 4.60. The van der Waals surface area contributed by atoms with E-state index < -0.39 is 29.5 Å². The third-order valence-corrected chi connectivity index (χ3v) is 4.52. The summed E-state index contributed by atoms with van der Waals surface area (Å²) in [7, 11) is 0. The van der Waals surface area contributed by atoms with Gasteiger partial charge in [-0.05, 0) is 5.56 Å². The van der Waals surface area contributed by atoms with Crippen LogP contribution in [-0.4, -0.2) is 49.7 Å². The predicted molar refractivity (Wildman–Crippen MR) is 73.2 cm³/mol. The molecule has 0 bridgehead atoms. The van der Waals surface area contributed by atoms with Crippen LogP contribution >= 0.6 is 11.8 Å². The van der Waals surface area contributed by atoms with Gasteiger partial charge in [0.05, 0.1) is 5.04 Å². The van der Waals surface area contributed by atoms with Crippen LogP contribution in [0.15, 0.2) is 35.3 Å². The zero-order chi connectivity index (χ0) is 14.3. The van der Waals surface area contributed by atoms with Crippen molar-refractivity contribution in [3.63, 3.8) is 0 Å². The van der Waals surface area contributed by atoms with E-state index in [-0.39, 0.29) is 0 Å². The highest BCUT2D eigenvalue weighted by Gasteiger charge is 2.55. The average molecular weight is 292 g/mol. The van der Waals surface area contributed by atoms with Gasteiger partial charge in [0.15, 0.2) is 6.04 Å². The SMILES string of the molecule is O=C(O)[C@H](O)N1C(=O)[C@H]2N=C(Cc3ccccc3)S[C@H]21. The van der Waals surface area contributed by atoms with Crippen LogP contribution < -0.4 is 0 Å². The Bertz CT molecular complexity index is 589. The molecule has 3 atom stereocenters. The number of carboxylic acid groups (broad SMARTS) is 1. The maximum absolute atomic E-state index is 11.8. The minimum absolute atomic E-state index is 0.396. The number of carbonyl (C=O) groups excluding carboxylic acids is 1. The minimum Gasteiger partial charge on any atom is -0.478 e. The van der Waals surface area contributed by atoms with Crippen LogP contribution in [0.1, 0.15) is 5.56 Å². The summed E-state index contributed by atoms with van der Waals surface area (Å²) in [5.41, 5.74) is 1.08. The quantitative estimate of drug-likeness (QED) is 0.780. The summed E-state index contributed by atoms with van der Waals surface area (Å²) < 4.78 is 0. The first kappa shape index (κ1) is 13.1. The molecule has 0 radical (unpaired) electrons. The van der Waals surface area contributed by atoms with Crippen molar-refractivity contribution >= 4 is 28.7 Å². The summed E-state index contributed by atoms with van der Waals surface area (Å²) >= 11 is 1.34. The summed E-state index contributed by atoms with van der Waals surface area (Å²) in [5.74, 6) is -1.85. The highest BCUT2D eigenvalue weighted by Crippen LogP contribution is 2.40. The van der Waals surface area contributed by atoms with Crippen molar-refractivity contribution in [1.82, 2.24) is 4.90 Å². The monoisotopic (exact) mass is 292 g/mol. The molecule has 1 aromatic carbocycles. The van der Waals surface area contributed by atoms with Gasteiger partial charge in [0.25, 0.3) is 5.91 Å². The van der Waals surface area contributed by atoms with Crippen molar-refractivity contribution in [3.8, 4) is 0 Å². The lowest BCUT2D eigenvalue weighted by Crippen LogP contribution is -2.66. The third-order valence-electron chi connectivity index (χ3n) is 3.27. The Morgan fingerprint density at radius 1 is 1.40 bits per heavy atom. The van der Waals surface area contributed by atoms with Crippen LogP contribution in [-0.2, 0) is 16.0 Å². The van der Waals surface area contributed by atoms with E-state index in [1.165, 1.54) is 11.8 Å². The number of aliphatic carboxylic acids is 1. The highest BCUT2D eigenvalue weighted by molar-refractivity contribution is 8.14. The lowest BCUT2D eigenvalue weighted by Gasteiger charge is -2.42. The molecule has 1 aromatic rings. The highest BCUT2D eigenvalue weighted by atomic mass is 32.2. The molecule has 2 aliphatic heterocycles. The Balaban J connectivity index is 1.69. The van der Waals surface area contributed by atoms with Gasteiger partial charge in [-0.2, -0.15) is 0 Å². The number of amides is 1. The topological polar surface area (TPSA) is 90.2 Å². The molecule has 1 saturated heterocycles. The molecule has 2 heterocycles. The summed E-state index contributed by atoms with van der Waals surface area (Å²) in [4.78, 5) is 27.8. The van der Waals surface area contributed by atoms with Crippen LogP contribution in [0.5, 0.6) is 0 Å². The van der Waals surface area contributed by atoms with Crippen molar-refractivity contribution in [1.29, 1.82) is 0 Å². The lowest BCUT2D eigenvalue weighted by molar-refractivity contribution is -0.176. The normalized spacial score (nSPS) is 25.8. The van der Waals surface area contributed by atoms with Gasteiger partial charge >= 0.3 is 5.97 Å². The van der Waals surface area contributed by atoms with E-state index >= 15 is 0 Å². The predicted octanol–water partition coefficient (Wildman–Crippen LogP) is 0.314. The fourth-order valence-corrected chi connectivity index (χ4v) is 3.61. The fraction of sp³-hybridized carbons (Fsp3) is 0.308.